The van der Waals surface area contributed by atoms with Gasteiger partial charge in [0.2, 0.25) is 0 Å². The Balaban J connectivity index is 1.28. The van der Waals surface area contributed by atoms with Gasteiger partial charge in [-0.15, -0.1) is 0 Å². The highest BCUT2D eigenvalue weighted by molar-refractivity contribution is 5.95. The molecule has 0 aliphatic carbocycles. The highest BCUT2D eigenvalue weighted by Gasteiger charge is 2.19. The summed E-state index contributed by atoms with van der Waals surface area (Å²) in [5.41, 5.74) is 6.18. The molecule has 3 aromatic carbocycles. The number of hydrazone groups is 1. The molecule has 4 rings (SSSR count). The molecule has 0 bridgehead atoms. The molecule has 1 heterocycles. The summed E-state index contributed by atoms with van der Waals surface area (Å²) < 4.78 is 16.1. The van der Waals surface area contributed by atoms with Crippen LogP contribution in [0.5, 0.6) is 17.2 Å². The normalized spacial score (nSPS) is 14.0. The van der Waals surface area contributed by atoms with Crippen molar-refractivity contribution < 1.29 is 19.0 Å². The van der Waals surface area contributed by atoms with Crippen molar-refractivity contribution in [3.05, 3.63) is 83.4 Å². The maximum atomic E-state index is 12.5. The number of ether oxygens (including phenoxy) is 3. The Kier molecular flexibility index (Phi) is 8.41. The summed E-state index contributed by atoms with van der Waals surface area (Å²) in [5.74, 6) is 1.94. The molecule has 1 N–H and O–H groups in total. The molecule has 0 unspecified atom stereocenters. The van der Waals surface area contributed by atoms with Gasteiger partial charge in [-0.05, 0) is 42.0 Å². The molecule has 3 aromatic rings. The van der Waals surface area contributed by atoms with Gasteiger partial charge in [-0.1, -0.05) is 24.3 Å². The SMILES string of the molecule is COc1ccc(/C=N\NC(=O)c2ccc(CN3CCN(c4ccccc4OC)CC3)cc2)c(OC)c1. The lowest BCUT2D eigenvalue weighted by Gasteiger charge is -2.36. The number of hydrogen-bond acceptors (Lipinski definition) is 7. The van der Waals surface area contributed by atoms with E-state index in [0.29, 0.717) is 17.1 Å². The van der Waals surface area contributed by atoms with E-state index in [0.717, 1.165) is 49.7 Å². The number of para-hydroxylation sites is 2. The van der Waals surface area contributed by atoms with E-state index < -0.39 is 0 Å². The molecule has 1 amide bonds. The number of carbonyl (C=O) groups is 1. The second-order valence-corrected chi connectivity index (χ2v) is 8.44. The highest BCUT2D eigenvalue weighted by atomic mass is 16.5. The Morgan fingerprint density at radius 3 is 2.31 bits per heavy atom. The van der Waals surface area contributed by atoms with Crippen molar-refractivity contribution in [2.24, 2.45) is 5.10 Å². The van der Waals surface area contributed by atoms with Crippen LogP contribution in [0.25, 0.3) is 0 Å². The lowest BCUT2D eigenvalue weighted by atomic mass is 10.1. The van der Waals surface area contributed by atoms with E-state index in [9.17, 15) is 4.79 Å². The molecule has 1 fully saturated rings. The summed E-state index contributed by atoms with van der Waals surface area (Å²) in [6.07, 6.45) is 1.55. The summed E-state index contributed by atoms with van der Waals surface area (Å²) in [6.45, 7) is 4.65. The average Bonchev–Trinajstić information content (AvgIpc) is 2.94. The van der Waals surface area contributed by atoms with Crippen LogP contribution in [-0.4, -0.2) is 64.5 Å². The van der Waals surface area contributed by atoms with Crippen LogP contribution in [0, 0.1) is 0 Å². The van der Waals surface area contributed by atoms with Crippen molar-refractivity contribution in [1.29, 1.82) is 0 Å². The number of benzene rings is 3. The minimum absolute atomic E-state index is 0.268. The van der Waals surface area contributed by atoms with E-state index in [-0.39, 0.29) is 5.91 Å². The summed E-state index contributed by atoms with van der Waals surface area (Å²) in [7, 11) is 4.88. The highest BCUT2D eigenvalue weighted by Crippen LogP contribution is 2.28. The number of nitrogens with one attached hydrogen (secondary N) is 1. The van der Waals surface area contributed by atoms with Gasteiger partial charge in [-0.25, -0.2) is 5.43 Å². The first-order valence-corrected chi connectivity index (χ1v) is 11.9. The molecule has 1 aliphatic heterocycles. The Bertz CT molecular complexity index is 1190. The lowest BCUT2D eigenvalue weighted by Crippen LogP contribution is -2.46. The fourth-order valence-electron chi connectivity index (χ4n) is 4.21. The molecule has 0 aromatic heterocycles. The Labute approximate surface area is 212 Å². The number of amides is 1. The van der Waals surface area contributed by atoms with Crippen molar-refractivity contribution in [1.82, 2.24) is 10.3 Å². The number of anilines is 1. The summed E-state index contributed by atoms with van der Waals surface area (Å²) in [4.78, 5) is 17.3. The number of rotatable bonds is 9. The van der Waals surface area contributed by atoms with Crippen LogP contribution >= 0.6 is 0 Å². The Morgan fingerprint density at radius 1 is 0.889 bits per heavy atom. The van der Waals surface area contributed by atoms with Gasteiger partial charge >= 0.3 is 0 Å². The summed E-state index contributed by atoms with van der Waals surface area (Å²) >= 11 is 0. The maximum absolute atomic E-state index is 12.5. The van der Waals surface area contributed by atoms with Crippen LogP contribution in [0.1, 0.15) is 21.5 Å². The standard InChI is InChI=1S/C28H32N4O4/c1-34-24-13-12-23(27(18-24)36-3)19-29-30-28(33)22-10-8-21(9-11-22)20-31-14-16-32(17-15-31)25-6-4-5-7-26(25)35-2/h4-13,18-19H,14-17,20H2,1-3H3,(H,30,33)/b29-19-. The molecule has 36 heavy (non-hydrogen) atoms. The van der Waals surface area contributed by atoms with Gasteiger partial charge in [-0.3, -0.25) is 9.69 Å². The molecule has 0 saturated carbocycles. The topological polar surface area (TPSA) is 75.6 Å². The van der Waals surface area contributed by atoms with E-state index in [2.05, 4.69) is 26.4 Å². The minimum atomic E-state index is -0.268. The lowest BCUT2D eigenvalue weighted by molar-refractivity contribution is 0.0955. The number of piperazine rings is 1. The zero-order valence-corrected chi connectivity index (χ0v) is 20.9. The van der Waals surface area contributed by atoms with E-state index in [1.165, 1.54) is 5.56 Å². The van der Waals surface area contributed by atoms with Crippen LogP contribution in [0.15, 0.2) is 71.8 Å². The summed E-state index contributed by atoms with van der Waals surface area (Å²) in [5, 5.41) is 4.08. The predicted molar refractivity (Wildman–Crippen MR) is 142 cm³/mol. The van der Waals surface area contributed by atoms with Crippen molar-refractivity contribution in [2.75, 3.05) is 52.4 Å². The molecule has 0 atom stereocenters. The average molecular weight is 489 g/mol. The van der Waals surface area contributed by atoms with E-state index in [4.69, 9.17) is 14.2 Å². The quantitative estimate of drug-likeness (QED) is 0.365. The molecule has 0 spiro atoms. The monoisotopic (exact) mass is 488 g/mol. The molecule has 1 aliphatic rings. The van der Waals surface area contributed by atoms with Crippen molar-refractivity contribution in [3.8, 4) is 17.2 Å². The van der Waals surface area contributed by atoms with Crippen LogP contribution < -0.4 is 24.5 Å². The van der Waals surface area contributed by atoms with Crippen molar-refractivity contribution in [2.45, 2.75) is 6.54 Å². The van der Waals surface area contributed by atoms with E-state index >= 15 is 0 Å². The zero-order chi connectivity index (χ0) is 25.3. The number of methoxy groups -OCH3 is 3. The molecular weight excluding hydrogens is 456 g/mol. The fourth-order valence-corrected chi connectivity index (χ4v) is 4.21. The molecular formula is C28H32N4O4. The molecule has 8 heteroatoms. The summed E-state index contributed by atoms with van der Waals surface area (Å²) in [6, 6.07) is 21.2. The first-order chi connectivity index (χ1) is 17.6. The maximum Gasteiger partial charge on any atom is 0.271 e. The third-order valence-corrected chi connectivity index (χ3v) is 6.23. The first kappa shape index (κ1) is 25.1. The van der Waals surface area contributed by atoms with Crippen LogP contribution in [0.2, 0.25) is 0 Å². The van der Waals surface area contributed by atoms with Gasteiger partial charge in [0.1, 0.15) is 17.2 Å². The zero-order valence-electron chi connectivity index (χ0n) is 20.9. The number of carbonyl (C=O) groups excluding carboxylic acids is 1. The smallest absolute Gasteiger partial charge is 0.271 e. The minimum Gasteiger partial charge on any atom is -0.497 e. The third-order valence-electron chi connectivity index (χ3n) is 6.23. The van der Waals surface area contributed by atoms with Crippen LogP contribution in [-0.2, 0) is 6.54 Å². The van der Waals surface area contributed by atoms with Gasteiger partial charge < -0.3 is 19.1 Å². The largest absolute Gasteiger partial charge is 0.497 e. The predicted octanol–water partition coefficient (Wildman–Crippen LogP) is 3.80. The van der Waals surface area contributed by atoms with E-state index in [1.54, 1.807) is 33.6 Å². The van der Waals surface area contributed by atoms with Crippen LogP contribution in [0.4, 0.5) is 5.69 Å². The van der Waals surface area contributed by atoms with Gasteiger partial charge in [0, 0.05) is 49.9 Å². The molecule has 188 valence electrons. The Hall–Kier alpha value is -4.04. The van der Waals surface area contributed by atoms with Gasteiger partial charge in [-0.2, -0.15) is 5.10 Å². The second kappa shape index (κ2) is 12.1. The second-order valence-electron chi connectivity index (χ2n) is 8.44. The van der Waals surface area contributed by atoms with Crippen molar-refractivity contribution >= 4 is 17.8 Å². The van der Waals surface area contributed by atoms with Crippen molar-refractivity contribution in [3.63, 3.8) is 0 Å². The molecule has 0 radical (unpaired) electrons. The third kappa shape index (κ3) is 6.14. The number of hydrogen-bond donors (Lipinski definition) is 1. The molecule has 8 nitrogen and oxygen atoms in total. The van der Waals surface area contributed by atoms with E-state index in [1.807, 2.05) is 54.6 Å². The number of nitrogens with zero attached hydrogens (tertiary/aromatic N) is 3. The van der Waals surface area contributed by atoms with Crippen LogP contribution in [0.3, 0.4) is 0 Å². The van der Waals surface area contributed by atoms with Gasteiger partial charge in [0.25, 0.3) is 5.91 Å². The van der Waals surface area contributed by atoms with Gasteiger partial charge in [0.15, 0.2) is 0 Å². The Morgan fingerprint density at radius 2 is 1.61 bits per heavy atom. The van der Waals surface area contributed by atoms with Gasteiger partial charge in [0.05, 0.1) is 33.2 Å². The first-order valence-electron chi connectivity index (χ1n) is 11.9. The molecule has 1 saturated heterocycles. The fraction of sp³-hybridized carbons (Fsp3) is 0.286.